The van der Waals surface area contributed by atoms with Gasteiger partial charge in [-0.3, -0.25) is 10.2 Å². The maximum absolute atomic E-state index is 12.5. The Kier molecular flexibility index (Phi) is 5.58. The van der Waals surface area contributed by atoms with Gasteiger partial charge in [0.05, 0.1) is 12.2 Å². The van der Waals surface area contributed by atoms with E-state index in [9.17, 15) is 4.79 Å². The number of fused-ring (bicyclic) bond motifs is 1. The Labute approximate surface area is 180 Å². The van der Waals surface area contributed by atoms with E-state index in [0.29, 0.717) is 35.3 Å². The summed E-state index contributed by atoms with van der Waals surface area (Å²) in [5.41, 5.74) is 1.89. The molecule has 0 bridgehead atoms. The molecule has 31 heavy (non-hydrogen) atoms. The summed E-state index contributed by atoms with van der Waals surface area (Å²) >= 11 is 0. The van der Waals surface area contributed by atoms with Crippen LogP contribution in [0.4, 0.5) is 0 Å². The highest BCUT2D eigenvalue weighted by Gasteiger charge is 2.34. The summed E-state index contributed by atoms with van der Waals surface area (Å²) in [6.07, 6.45) is 3.07. The van der Waals surface area contributed by atoms with Gasteiger partial charge in [-0.25, -0.2) is 0 Å². The molecule has 0 saturated heterocycles. The molecule has 2 aromatic carbocycles. The predicted octanol–water partition coefficient (Wildman–Crippen LogP) is 4.68. The standard InChI is InChI=1S/C24H23N3O4/c1-4-29-21-14-17(10-11-20(21)30-16(3)18-8-6-5-7-9-18)13-19-23(25)27-22(26-24(19)28)12-15(2)31-27/h5-14,16,25H,4H2,1-3H3/b19-13+,25-23?/t16-/m0/s1. The summed E-state index contributed by atoms with van der Waals surface area (Å²) in [6, 6.07) is 15.3. The summed E-state index contributed by atoms with van der Waals surface area (Å²) in [6.45, 7) is 6.08. The van der Waals surface area contributed by atoms with Gasteiger partial charge in [0.25, 0.3) is 5.91 Å². The number of carbonyl (C=O) groups is 1. The molecule has 0 saturated carbocycles. The quantitative estimate of drug-likeness (QED) is 0.690. The first-order valence-electron chi connectivity index (χ1n) is 10.0. The minimum absolute atomic E-state index is 0.0564. The molecular weight excluding hydrogens is 394 g/mol. The number of hydrogen-bond donors (Lipinski definition) is 1. The van der Waals surface area contributed by atoms with Gasteiger partial charge >= 0.3 is 0 Å². The number of nitrogens with one attached hydrogen (secondary N) is 1. The highest BCUT2D eigenvalue weighted by molar-refractivity contribution is 6.32. The van der Waals surface area contributed by atoms with E-state index in [1.54, 1.807) is 31.2 Å². The second kappa shape index (κ2) is 8.47. The highest BCUT2D eigenvalue weighted by Crippen LogP contribution is 2.33. The van der Waals surface area contributed by atoms with Gasteiger partial charge in [0.1, 0.15) is 11.9 Å². The molecule has 158 valence electrons. The highest BCUT2D eigenvalue weighted by atomic mass is 16.7. The molecule has 4 rings (SSSR count). The van der Waals surface area contributed by atoms with Crippen molar-refractivity contribution in [2.24, 2.45) is 4.99 Å². The van der Waals surface area contributed by atoms with Crippen molar-refractivity contribution < 1.29 is 19.1 Å². The molecule has 2 aliphatic rings. The van der Waals surface area contributed by atoms with E-state index >= 15 is 0 Å². The van der Waals surface area contributed by atoms with Crippen LogP contribution < -0.4 is 9.47 Å². The van der Waals surface area contributed by atoms with Crippen molar-refractivity contribution in [2.75, 3.05) is 6.61 Å². The molecule has 0 aliphatic carbocycles. The van der Waals surface area contributed by atoms with E-state index in [-0.39, 0.29) is 17.5 Å². The van der Waals surface area contributed by atoms with Crippen LogP contribution in [0.15, 0.2) is 70.9 Å². The zero-order valence-electron chi connectivity index (χ0n) is 17.6. The van der Waals surface area contributed by atoms with Crippen molar-refractivity contribution in [3.63, 3.8) is 0 Å². The predicted molar refractivity (Wildman–Crippen MR) is 118 cm³/mol. The number of hydroxylamine groups is 2. The summed E-state index contributed by atoms with van der Waals surface area (Å²) in [7, 11) is 0. The van der Waals surface area contributed by atoms with Crippen LogP contribution in [-0.4, -0.2) is 29.2 Å². The minimum atomic E-state index is -0.484. The first kappa shape index (κ1) is 20.4. The third kappa shape index (κ3) is 4.21. The molecule has 0 radical (unpaired) electrons. The molecule has 1 amide bonds. The van der Waals surface area contributed by atoms with Gasteiger partial charge in [0, 0.05) is 6.08 Å². The van der Waals surface area contributed by atoms with Gasteiger partial charge in [-0.15, -0.1) is 5.06 Å². The lowest BCUT2D eigenvalue weighted by Gasteiger charge is -2.23. The molecule has 0 aromatic heterocycles. The number of carbonyl (C=O) groups excluding carboxylic acids is 1. The normalized spacial score (nSPS) is 17.6. The zero-order chi connectivity index (χ0) is 22.0. The Morgan fingerprint density at radius 3 is 2.71 bits per heavy atom. The van der Waals surface area contributed by atoms with Crippen molar-refractivity contribution in [2.45, 2.75) is 26.9 Å². The molecule has 2 aliphatic heterocycles. The molecule has 2 heterocycles. The average molecular weight is 417 g/mol. The molecule has 7 heteroatoms. The topological polar surface area (TPSA) is 84.2 Å². The summed E-state index contributed by atoms with van der Waals surface area (Å²) < 4.78 is 11.9. The number of nitrogens with zero attached hydrogens (tertiary/aromatic N) is 2. The van der Waals surface area contributed by atoms with Crippen molar-refractivity contribution in [1.29, 1.82) is 5.41 Å². The first-order chi connectivity index (χ1) is 15.0. The van der Waals surface area contributed by atoms with Gasteiger partial charge < -0.3 is 14.3 Å². The fraction of sp³-hybridized carbons (Fsp3) is 0.208. The number of rotatable bonds is 6. The summed E-state index contributed by atoms with van der Waals surface area (Å²) in [5.74, 6) is 1.52. The lowest BCUT2D eigenvalue weighted by atomic mass is 10.1. The number of ether oxygens (including phenoxy) is 2. The number of amidine groups is 2. The third-order valence-corrected chi connectivity index (χ3v) is 4.83. The summed E-state index contributed by atoms with van der Waals surface area (Å²) in [4.78, 5) is 21.9. The van der Waals surface area contributed by atoms with Crippen molar-refractivity contribution in [3.8, 4) is 11.5 Å². The van der Waals surface area contributed by atoms with Crippen LogP contribution in [0.1, 0.15) is 38.0 Å². The Morgan fingerprint density at radius 2 is 1.97 bits per heavy atom. The van der Waals surface area contributed by atoms with Crippen LogP contribution in [0.2, 0.25) is 0 Å². The molecule has 0 spiro atoms. The van der Waals surface area contributed by atoms with Crippen molar-refractivity contribution >= 4 is 23.7 Å². The molecule has 1 atom stereocenters. The average Bonchev–Trinajstić information content (AvgIpc) is 3.14. The second-order valence-corrected chi connectivity index (χ2v) is 7.13. The van der Waals surface area contributed by atoms with Gasteiger partial charge in [-0.1, -0.05) is 36.4 Å². The Hall–Kier alpha value is -3.87. The molecule has 1 N–H and O–H groups in total. The zero-order valence-corrected chi connectivity index (χ0v) is 17.6. The smallest absolute Gasteiger partial charge is 0.282 e. The number of allylic oxidation sites excluding steroid dienone is 1. The van der Waals surface area contributed by atoms with Crippen LogP contribution in [0, 0.1) is 5.41 Å². The van der Waals surface area contributed by atoms with Gasteiger partial charge in [-0.2, -0.15) is 4.99 Å². The number of hydrogen-bond acceptors (Lipinski definition) is 5. The van der Waals surface area contributed by atoms with E-state index in [1.807, 2.05) is 50.2 Å². The van der Waals surface area contributed by atoms with Crippen LogP contribution in [0.3, 0.4) is 0 Å². The minimum Gasteiger partial charge on any atom is -0.490 e. The Balaban J connectivity index is 1.61. The van der Waals surface area contributed by atoms with E-state index in [4.69, 9.17) is 19.7 Å². The van der Waals surface area contributed by atoms with Gasteiger partial charge in [0.2, 0.25) is 0 Å². The maximum Gasteiger partial charge on any atom is 0.282 e. The number of benzene rings is 2. The van der Waals surface area contributed by atoms with Crippen molar-refractivity contribution in [1.82, 2.24) is 5.06 Å². The van der Waals surface area contributed by atoms with E-state index < -0.39 is 5.91 Å². The fourth-order valence-electron chi connectivity index (χ4n) is 3.33. The van der Waals surface area contributed by atoms with Gasteiger partial charge in [-0.05, 0) is 50.1 Å². The largest absolute Gasteiger partial charge is 0.490 e. The van der Waals surface area contributed by atoms with Crippen LogP contribution in [0.5, 0.6) is 11.5 Å². The van der Waals surface area contributed by atoms with E-state index in [2.05, 4.69) is 4.99 Å². The number of amides is 1. The molecule has 7 nitrogen and oxygen atoms in total. The summed E-state index contributed by atoms with van der Waals surface area (Å²) in [5, 5.41) is 9.59. The molecule has 0 unspecified atom stereocenters. The molecular formula is C24H23N3O4. The van der Waals surface area contributed by atoms with Crippen LogP contribution >= 0.6 is 0 Å². The molecule has 0 fully saturated rings. The van der Waals surface area contributed by atoms with Gasteiger partial charge in [0.15, 0.2) is 23.2 Å². The fourth-order valence-corrected chi connectivity index (χ4v) is 3.33. The lowest BCUT2D eigenvalue weighted by molar-refractivity contribution is -0.114. The van der Waals surface area contributed by atoms with Crippen LogP contribution in [-0.2, 0) is 9.63 Å². The van der Waals surface area contributed by atoms with E-state index in [0.717, 1.165) is 5.56 Å². The number of aliphatic imine (C=N–C) groups is 1. The Morgan fingerprint density at radius 1 is 1.19 bits per heavy atom. The third-order valence-electron chi connectivity index (χ3n) is 4.83. The molecule has 2 aromatic rings. The van der Waals surface area contributed by atoms with Crippen LogP contribution in [0.25, 0.3) is 6.08 Å². The lowest BCUT2D eigenvalue weighted by Crippen LogP contribution is -2.38. The monoisotopic (exact) mass is 417 g/mol. The van der Waals surface area contributed by atoms with Crippen molar-refractivity contribution in [3.05, 3.63) is 77.1 Å². The first-order valence-corrected chi connectivity index (χ1v) is 10.0. The maximum atomic E-state index is 12.5. The Bertz CT molecular complexity index is 1120. The van der Waals surface area contributed by atoms with E-state index in [1.165, 1.54) is 5.06 Å². The second-order valence-electron chi connectivity index (χ2n) is 7.13. The SMILES string of the molecule is CCOc1cc(/C=C2\C(=N)N3OC(C)=CC3=NC2=O)ccc1O[C@@H](C)c1ccccc1.